The lowest BCUT2D eigenvalue weighted by Gasteiger charge is -2.39. The molecule has 0 atom stereocenters. The summed E-state index contributed by atoms with van der Waals surface area (Å²) in [5.41, 5.74) is 9.93. The van der Waals surface area contributed by atoms with Crippen molar-refractivity contribution in [3.8, 4) is 28.3 Å². The van der Waals surface area contributed by atoms with Crippen molar-refractivity contribution >= 4 is 55.6 Å². The number of rotatable bonds is 4. The zero-order chi connectivity index (χ0) is 37.7. The normalized spacial score (nSPS) is 13.6. The van der Waals surface area contributed by atoms with Crippen LogP contribution in [0.1, 0.15) is 22.3 Å². The van der Waals surface area contributed by atoms with E-state index in [1.54, 1.807) is 0 Å². The fraction of sp³-hybridized carbons (Fsp3) is 0.0189. The molecule has 0 saturated heterocycles. The number of hydrogen-bond acceptors (Lipinski definition) is 2. The monoisotopic (exact) mass is 747 g/mol. The fourth-order valence-corrected chi connectivity index (χ4v) is 12.6. The number of fused-ring (bicyclic) bond motifs is 14. The van der Waals surface area contributed by atoms with Crippen LogP contribution >= 0.6 is 7.14 Å². The van der Waals surface area contributed by atoms with E-state index in [1.165, 1.54) is 38.4 Å². The smallest absolute Gasteiger partial charge is 0.171 e. The number of nitrogens with zero attached hydrogens (tertiary/aromatic N) is 1. The van der Waals surface area contributed by atoms with Crippen LogP contribution in [0.25, 0.3) is 49.4 Å². The molecule has 0 unspecified atom stereocenters. The topological polar surface area (TPSA) is 31.2 Å². The van der Waals surface area contributed by atoms with Gasteiger partial charge in [0.15, 0.2) is 7.14 Å². The molecule has 4 heteroatoms. The van der Waals surface area contributed by atoms with Crippen molar-refractivity contribution in [2.75, 3.05) is 0 Å². The number of para-hydroxylation sites is 1. The molecule has 268 valence electrons. The first-order valence-electron chi connectivity index (χ1n) is 19.4. The molecule has 1 spiro atoms. The first-order valence-corrected chi connectivity index (χ1v) is 21.2. The summed E-state index contributed by atoms with van der Waals surface area (Å²) >= 11 is 0. The second-order valence-electron chi connectivity index (χ2n) is 15.1. The largest absolute Gasteiger partial charge is 0.457 e. The summed E-state index contributed by atoms with van der Waals surface area (Å²) in [4.78, 5) is 0. The second-order valence-corrected chi connectivity index (χ2v) is 17.9. The van der Waals surface area contributed by atoms with Gasteiger partial charge in [-0.15, -0.1) is 0 Å². The molecular formula is C53H34NO2P. The van der Waals surface area contributed by atoms with Gasteiger partial charge in [-0.05, 0) is 75.5 Å². The van der Waals surface area contributed by atoms with E-state index in [0.29, 0.717) is 0 Å². The molecule has 9 aromatic carbocycles. The van der Waals surface area contributed by atoms with Crippen molar-refractivity contribution in [1.82, 2.24) is 4.57 Å². The summed E-state index contributed by atoms with van der Waals surface area (Å²) in [6.07, 6.45) is 0. The first-order chi connectivity index (χ1) is 28.2. The van der Waals surface area contributed by atoms with Gasteiger partial charge in [0.25, 0.3) is 0 Å². The highest BCUT2D eigenvalue weighted by molar-refractivity contribution is 7.85. The highest BCUT2D eigenvalue weighted by atomic mass is 31.2. The van der Waals surface area contributed by atoms with Gasteiger partial charge in [-0.3, -0.25) is 0 Å². The van der Waals surface area contributed by atoms with E-state index in [2.05, 4.69) is 150 Å². The number of ether oxygens (including phenoxy) is 1. The lowest BCUT2D eigenvalue weighted by atomic mass is 9.66. The molecule has 0 amide bonds. The highest BCUT2D eigenvalue weighted by Crippen LogP contribution is 2.62. The van der Waals surface area contributed by atoms with Crippen LogP contribution in [0.5, 0.6) is 11.5 Å². The average molecular weight is 748 g/mol. The summed E-state index contributed by atoms with van der Waals surface area (Å²) in [7, 11) is -3.15. The van der Waals surface area contributed by atoms with E-state index in [9.17, 15) is 0 Å². The van der Waals surface area contributed by atoms with Gasteiger partial charge in [-0.25, -0.2) is 0 Å². The van der Waals surface area contributed by atoms with E-state index < -0.39 is 12.6 Å². The number of benzene rings is 9. The van der Waals surface area contributed by atoms with Crippen LogP contribution in [0.4, 0.5) is 0 Å². The third-order valence-corrected chi connectivity index (χ3v) is 15.4. The summed E-state index contributed by atoms with van der Waals surface area (Å²) in [5, 5.41) is 7.19. The molecule has 10 aromatic rings. The highest BCUT2D eigenvalue weighted by Gasteiger charge is 2.51. The Morgan fingerprint density at radius 1 is 0.421 bits per heavy atom. The minimum Gasteiger partial charge on any atom is -0.457 e. The molecular weight excluding hydrogens is 714 g/mol. The molecule has 2 heterocycles. The quantitative estimate of drug-likeness (QED) is 0.168. The Balaban J connectivity index is 1.15. The van der Waals surface area contributed by atoms with Crippen molar-refractivity contribution < 1.29 is 9.30 Å². The Morgan fingerprint density at radius 3 is 1.67 bits per heavy atom. The minimum absolute atomic E-state index is 0.567. The zero-order valence-electron chi connectivity index (χ0n) is 30.8. The molecule has 57 heavy (non-hydrogen) atoms. The standard InChI is InChI=1S/C53H34NO2P/c55-57(37-16-3-1-4-17-37,38-18-5-2-6-19-38)39-30-28-36(29-31-39)54-48-32-27-35-15-7-8-20-40(35)52(48)43-33-47-51(34-49(43)54)56-50-26-14-13-25-46(50)53(47)44-23-11-9-21-41(44)42-22-10-12-24-45(42)53/h1-34H. The Morgan fingerprint density at radius 2 is 0.982 bits per heavy atom. The maximum absolute atomic E-state index is 15.3. The van der Waals surface area contributed by atoms with Crippen LogP contribution < -0.4 is 20.7 Å². The zero-order valence-corrected chi connectivity index (χ0v) is 31.7. The summed E-state index contributed by atoms with van der Waals surface area (Å²) < 4.78 is 24.7. The van der Waals surface area contributed by atoms with E-state index in [4.69, 9.17) is 4.74 Å². The second kappa shape index (κ2) is 12.0. The van der Waals surface area contributed by atoms with Crippen LogP contribution in [0, 0.1) is 0 Å². The molecule has 1 aliphatic carbocycles. The molecule has 2 aliphatic rings. The summed E-state index contributed by atoms with van der Waals surface area (Å²) in [5.74, 6) is 1.71. The average Bonchev–Trinajstić information content (AvgIpc) is 3.77. The van der Waals surface area contributed by atoms with Gasteiger partial charge in [-0.2, -0.15) is 0 Å². The van der Waals surface area contributed by atoms with Crippen LogP contribution in [0.3, 0.4) is 0 Å². The van der Waals surface area contributed by atoms with Crippen molar-refractivity contribution in [1.29, 1.82) is 0 Å². The van der Waals surface area contributed by atoms with Gasteiger partial charge in [-0.1, -0.05) is 158 Å². The molecule has 3 nitrogen and oxygen atoms in total. The maximum Gasteiger partial charge on any atom is 0.171 e. The Labute approximate surface area is 330 Å². The van der Waals surface area contributed by atoms with Gasteiger partial charge in [0, 0.05) is 49.6 Å². The molecule has 0 fully saturated rings. The Kier molecular flexibility index (Phi) is 6.82. The van der Waals surface area contributed by atoms with Crippen molar-refractivity contribution in [3.05, 3.63) is 229 Å². The Bertz CT molecular complexity index is 3200. The van der Waals surface area contributed by atoms with Crippen LogP contribution in [0.2, 0.25) is 0 Å². The van der Waals surface area contributed by atoms with E-state index in [1.807, 2.05) is 60.7 Å². The lowest BCUT2D eigenvalue weighted by molar-refractivity contribution is 0.437. The molecule has 0 radical (unpaired) electrons. The van der Waals surface area contributed by atoms with Gasteiger partial charge in [0.2, 0.25) is 0 Å². The lowest BCUT2D eigenvalue weighted by Crippen LogP contribution is -2.32. The van der Waals surface area contributed by atoms with Crippen molar-refractivity contribution in [2.24, 2.45) is 0 Å². The molecule has 1 aliphatic heterocycles. The van der Waals surface area contributed by atoms with Crippen LogP contribution in [0.15, 0.2) is 206 Å². The third kappa shape index (κ3) is 4.35. The molecule has 0 N–H and O–H groups in total. The summed E-state index contributed by atoms with van der Waals surface area (Å²) in [6.45, 7) is 0. The van der Waals surface area contributed by atoms with Gasteiger partial charge in [0.05, 0.1) is 16.4 Å². The molecule has 1 aromatic heterocycles. The molecule has 0 saturated carbocycles. The first kappa shape index (κ1) is 32.3. The number of aromatic nitrogens is 1. The number of hydrogen-bond donors (Lipinski definition) is 0. The van der Waals surface area contributed by atoms with Crippen LogP contribution in [-0.4, -0.2) is 4.57 Å². The van der Waals surface area contributed by atoms with E-state index >= 15 is 4.57 Å². The van der Waals surface area contributed by atoms with Crippen molar-refractivity contribution in [2.45, 2.75) is 5.41 Å². The van der Waals surface area contributed by atoms with Gasteiger partial charge in [0.1, 0.15) is 11.5 Å². The fourth-order valence-electron chi connectivity index (χ4n) is 9.95. The SMILES string of the molecule is O=P(c1ccccc1)(c1ccccc1)c1ccc(-n2c3cc4c(cc3c3c5ccccc5ccc32)C2(c3ccccc3O4)c3ccccc3-c3ccccc32)cc1. The van der Waals surface area contributed by atoms with Gasteiger partial charge < -0.3 is 13.9 Å². The maximum atomic E-state index is 15.3. The molecule has 0 bridgehead atoms. The van der Waals surface area contributed by atoms with E-state index in [0.717, 1.165) is 60.6 Å². The van der Waals surface area contributed by atoms with Gasteiger partial charge >= 0.3 is 0 Å². The minimum atomic E-state index is -3.15. The molecule has 12 rings (SSSR count). The third-order valence-electron chi connectivity index (χ3n) is 12.3. The van der Waals surface area contributed by atoms with Crippen molar-refractivity contribution in [3.63, 3.8) is 0 Å². The van der Waals surface area contributed by atoms with Crippen LogP contribution in [-0.2, 0) is 9.98 Å². The predicted octanol–water partition coefficient (Wildman–Crippen LogP) is 12.0. The summed E-state index contributed by atoms with van der Waals surface area (Å²) in [6, 6.07) is 72.2. The predicted molar refractivity (Wildman–Crippen MR) is 235 cm³/mol. The van der Waals surface area contributed by atoms with E-state index in [-0.39, 0.29) is 0 Å². The Hall–Kier alpha value is -6.93.